The summed E-state index contributed by atoms with van der Waals surface area (Å²) in [5.74, 6) is 1.99. The average molecular weight is 442 g/mol. The van der Waals surface area contributed by atoms with E-state index in [9.17, 15) is 9.59 Å². The monoisotopic (exact) mass is 442 g/mol. The topological polar surface area (TPSA) is 89.5 Å². The van der Waals surface area contributed by atoms with Crippen molar-refractivity contribution in [2.45, 2.75) is 32.0 Å². The fourth-order valence-electron chi connectivity index (χ4n) is 3.78. The number of cyclic esters (lactones) is 4. The summed E-state index contributed by atoms with van der Waals surface area (Å²) in [4.78, 5) is 22.0. The predicted molar refractivity (Wildman–Crippen MR) is 113 cm³/mol. The molecule has 0 N–H and O–H groups in total. The maximum Gasteiger partial charge on any atom is 0.508 e. The van der Waals surface area contributed by atoms with E-state index in [4.69, 9.17) is 28.4 Å². The number of carbonyl (C=O) groups excluding carboxylic acids is 2. The molecular weight excluding hydrogens is 416 g/mol. The second kappa shape index (κ2) is 9.80. The zero-order valence-electron chi connectivity index (χ0n) is 18.0. The molecule has 0 amide bonds. The van der Waals surface area contributed by atoms with Gasteiger partial charge in [-0.1, -0.05) is 38.1 Å². The van der Waals surface area contributed by atoms with Crippen molar-refractivity contribution in [3.8, 4) is 11.5 Å². The van der Waals surface area contributed by atoms with Gasteiger partial charge in [-0.25, -0.2) is 9.59 Å². The van der Waals surface area contributed by atoms with Gasteiger partial charge in [0.1, 0.15) is 37.9 Å². The van der Waals surface area contributed by atoms with E-state index in [1.807, 2.05) is 24.3 Å². The Kier molecular flexibility index (Phi) is 6.68. The Hall–Kier alpha value is -3.42. The molecule has 0 spiro atoms. The van der Waals surface area contributed by atoms with Crippen LogP contribution in [-0.4, -0.2) is 50.9 Å². The molecule has 0 aliphatic carbocycles. The minimum atomic E-state index is -0.652. The molecule has 2 aromatic rings. The van der Waals surface area contributed by atoms with Crippen LogP contribution in [0, 0.1) is 5.92 Å². The van der Waals surface area contributed by atoms with Crippen LogP contribution in [0.3, 0.4) is 0 Å². The third-order valence-corrected chi connectivity index (χ3v) is 5.32. The fourth-order valence-corrected chi connectivity index (χ4v) is 3.78. The molecule has 4 rings (SSSR count). The quantitative estimate of drug-likeness (QED) is 0.531. The van der Waals surface area contributed by atoms with Crippen molar-refractivity contribution in [1.29, 1.82) is 0 Å². The van der Waals surface area contributed by atoms with Gasteiger partial charge in [0.2, 0.25) is 0 Å². The molecule has 170 valence electrons. The Bertz CT molecular complexity index is 849. The number of ether oxygens (including phenoxy) is 6. The Morgan fingerprint density at radius 3 is 1.47 bits per heavy atom. The Labute approximate surface area is 186 Å². The fraction of sp³-hybridized carbons (Fsp3) is 0.417. The number of carbonyl (C=O) groups is 2. The summed E-state index contributed by atoms with van der Waals surface area (Å²) in [5, 5.41) is 0. The SMILES string of the molecule is CC(C)C(c1ccc(OCC2COC(=O)O2)cc1)c1ccc(OCC2COC(=O)O2)cc1. The molecule has 0 aromatic heterocycles. The van der Waals surface area contributed by atoms with Gasteiger partial charge >= 0.3 is 12.3 Å². The first kappa shape index (κ1) is 21.8. The summed E-state index contributed by atoms with van der Waals surface area (Å²) in [6.45, 7) is 5.31. The lowest BCUT2D eigenvalue weighted by molar-refractivity contribution is 0.0977. The van der Waals surface area contributed by atoms with E-state index in [-0.39, 0.29) is 44.6 Å². The summed E-state index contributed by atoms with van der Waals surface area (Å²) in [6.07, 6.45) is -2.05. The van der Waals surface area contributed by atoms with Crippen LogP contribution < -0.4 is 9.47 Å². The Morgan fingerprint density at radius 1 is 0.750 bits per heavy atom. The molecule has 8 nitrogen and oxygen atoms in total. The molecule has 32 heavy (non-hydrogen) atoms. The molecule has 0 radical (unpaired) electrons. The van der Waals surface area contributed by atoms with E-state index in [1.165, 1.54) is 11.1 Å². The first-order chi connectivity index (χ1) is 15.5. The van der Waals surface area contributed by atoms with Crippen LogP contribution in [0.25, 0.3) is 0 Å². The van der Waals surface area contributed by atoms with Crippen molar-refractivity contribution in [3.63, 3.8) is 0 Å². The minimum absolute atomic E-state index is 0.200. The predicted octanol–water partition coefficient (Wildman–Crippen LogP) is 4.30. The molecule has 0 bridgehead atoms. The molecule has 2 fully saturated rings. The maximum atomic E-state index is 11.0. The number of hydrogen-bond acceptors (Lipinski definition) is 8. The highest BCUT2D eigenvalue weighted by Gasteiger charge is 2.26. The van der Waals surface area contributed by atoms with Crippen LogP contribution in [0.1, 0.15) is 30.9 Å². The van der Waals surface area contributed by atoms with Gasteiger partial charge in [0.15, 0.2) is 12.2 Å². The molecule has 2 aliphatic rings. The lowest BCUT2D eigenvalue weighted by atomic mass is 9.82. The van der Waals surface area contributed by atoms with Crippen LogP contribution in [0.15, 0.2) is 48.5 Å². The highest BCUT2D eigenvalue weighted by atomic mass is 16.8. The molecule has 2 atom stereocenters. The smallest absolute Gasteiger partial charge is 0.490 e. The lowest BCUT2D eigenvalue weighted by Gasteiger charge is -2.23. The highest BCUT2D eigenvalue weighted by molar-refractivity contribution is 5.62. The van der Waals surface area contributed by atoms with E-state index >= 15 is 0 Å². The van der Waals surface area contributed by atoms with E-state index in [2.05, 4.69) is 38.1 Å². The van der Waals surface area contributed by atoms with Crippen LogP contribution in [0.5, 0.6) is 11.5 Å². The largest absolute Gasteiger partial charge is 0.508 e. The summed E-state index contributed by atoms with van der Waals surface area (Å²) in [6, 6.07) is 15.9. The van der Waals surface area contributed by atoms with Crippen molar-refractivity contribution in [1.82, 2.24) is 0 Å². The van der Waals surface area contributed by atoms with E-state index in [0.717, 1.165) is 0 Å². The Morgan fingerprint density at radius 2 is 1.16 bits per heavy atom. The van der Waals surface area contributed by atoms with Gasteiger partial charge in [0, 0.05) is 5.92 Å². The molecule has 2 heterocycles. The standard InChI is InChI=1S/C24H26O8/c1-15(2)22(16-3-7-18(8-4-16)27-11-20-13-29-23(25)31-20)17-5-9-19(10-6-17)28-12-21-14-30-24(26)32-21/h3-10,15,20-22H,11-14H2,1-2H3. The van der Waals surface area contributed by atoms with Crippen molar-refractivity contribution in [2.75, 3.05) is 26.4 Å². The molecule has 0 saturated carbocycles. The van der Waals surface area contributed by atoms with Crippen LogP contribution in [-0.2, 0) is 18.9 Å². The summed E-state index contributed by atoms with van der Waals surface area (Å²) >= 11 is 0. The van der Waals surface area contributed by atoms with Gasteiger partial charge in [0.05, 0.1) is 0 Å². The molecular formula is C24H26O8. The summed E-state index contributed by atoms with van der Waals surface area (Å²) in [7, 11) is 0. The third-order valence-electron chi connectivity index (χ3n) is 5.32. The van der Waals surface area contributed by atoms with Crippen molar-refractivity contribution in [3.05, 3.63) is 59.7 Å². The first-order valence-electron chi connectivity index (χ1n) is 10.6. The maximum absolute atomic E-state index is 11.0. The van der Waals surface area contributed by atoms with Crippen molar-refractivity contribution in [2.24, 2.45) is 5.92 Å². The molecule has 2 unspecified atom stereocenters. The van der Waals surface area contributed by atoms with Crippen LogP contribution in [0.2, 0.25) is 0 Å². The lowest BCUT2D eigenvalue weighted by Crippen LogP contribution is -2.20. The number of hydrogen-bond donors (Lipinski definition) is 0. The second-order valence-corrected chi connectivity index (χ2v) is 8.08. The van der Waals surface area contributed by atoms with Gasteiger partial charge in [-0.15, -0.1) is 0 Å². The minimum Gasteiger partial charge on any atom is -0.490 e. The first-order valence-corrected chi connectivity index (χ1v) is 10.6. The molecule has 2 aromatic carbocycles. The zero-order valence-corrected chi connectivity index (χ0v) is 18.0. The zero-order chi connectivity index (χ0) is 22.5. The van der Waals surface area contributed by atoms with Gasteiger partial charge < -0.3 is 28.4 Å². The Balaban J connectivity index is 1.36. The van der Waals surface area contributed by atoms with Gasteiger partial charge in [-0.2, -0.15) is 0 Å². The van der Waals surface area contributed by atoms with E-state index in [0.29, 0.717) is 17.4 Å². The van der Waals surface area contributed by atoms with Gasteiger partial charge in [0.25, 0.3) is 0 Å². The molecule has 2 saturated heterocycles. The van der Waals surface area contributed by atoms with Crippen LogP contribution in [0.4, 0.5) is 9.59 Å². The average Bonchev–Trinajstić information content (AvgIpc) is 3.40. The van der Waals surface area contributed by atoms with E-state index < -0.39 is 12.3 Å². The number of rotatable bonds is 9. The third kappa shape index (κ3) is 5.43. The van der Waals surface area contributed by atoms with Gasteiger partial charge in [-0.05, 0) is 41.3 Å². The van der Waals surface area contributed by atoms with Crippen molar-refractivity contribution >= 4 is 12.3 Å². The van der Waals surface area contributed by atoms with Gasteiger partial charge in [-0.3, -0.25) is 0 Å². The normalized spacial score (nSPS) is 20.8. The number of benzene rings is 2. The van der Waals surface area contributed by atoms with Crippen LogP contribution >= 0.6 is 0 Å². The molecule has 8 heteroatoms. The second-order valence-electron chi connectivity index (χ2n) is 8.08. The van der Waals surface area contributed by atoms with Crippen molar-refractivity contribution < 1.29 is 38.0 Å². The highest BCUT2D eigenvalue weighted by Crippen LogP contribution is 2.33. The molecule has 2 aliphatic heterocycles. The summed E-state index contributed by atoms with van der Waals surface area (Å²) < 4.78 is 30.9. The summed E-state index contributed by atoms with van der Waals surface area (Å²) in [5.41, 5.74) is 2.35. The van der Waals surface area contributed by atoms with E-state index in [1.54, 1.807) is 0 Å².